The molecule has 1 aromatic heterocycles. The minimum atomic E-state index is -0.148. The van der Waals surface area contributed by atoms with Gasteiger partial charge in [-0.15, -0.1) is 0 Å². The molecule has 0 saturated carbocycles. The molecule has 0 spiro atoms. The molecular weight excluding hydrogens is 214 g/mol. The van der Waals surface area contributed by atoms with Gasteiger partial charge in [0.05, 0.1) is 6.54 Å². The van der Waals surface area contributed by atoms with Crippen LogP contribution in [0, 0.1) is 6.92 Å². The van der Waals surface area contributed by atoms with E-state index in [2.05, 4.69) is 11.9 Å². The molecule has 17 heavy (non-hydrogen) atoms. The number of amides is 1. The number of benzene rings is 1. The van der Waals surface area contributed by atoms with E-state index in [1.165, 1.54) is 0 Å². The second-order valence-corrected chi connectivity index (χ2v) is 4.11. The Hall–Kier alpha value is -2.03. The van der Waals surface area contributed by atoms with Gasteiger partial charge >= 0.3 is 0 Å². The first-order valence-corrected chi connectivity index (χ1v) is 5.50. The van der Waals surface area contributed by atoms with Crippen LogP contribution in [0.15, 0.2) is 40.8 Å². The number of carbonyl (C=O) groups excluding carboxylic acids is 1. The number of rotatable bonds is 3. The molecule has 0 bridgehead atoms. The maximum absolute atomic E-state index is 11.4. The highest BCUT2D eigenvalue weighted by Crippen LogP contribution is 2.24. The Balaban J connectivity index is 2.22. The molecule has 2 aromatic rings. The molecule has 0 atom stereocenters. The van der Waals surface area contributed by atoms with E-state index in [9.17, 15) is 4.79 Å². The predicted molar refractivity (Wildman–Crippen MR) is 67.6 cm³/mol. The summed E-state index contributed by atoms with van der Waals surface area (Å²) in [6.45, 7) is 7.66. The Morgan fingerprint density at radius 3 is 2.76 bits per heavy atom. The van der Waals surface area contributed by atoms with E-state index in [1.54, 1.807) is 6.92 Å². The quantitative estimate of drug-likeness (QED) is 0.822. The van der Waals surface area contributed by atoms with E-state index in [4.69, 9.17) is 4.42 Å². The van der Waals surface area contributed by atoms with Crippen LogP contribution in [0.1, 0.15) is 18.2 Å². The van der Waals surface area contributed by atoms with Crippen molar-refractivity contribution in [2.45, 2.75) is 20.4 Å². The fourth-order valence-electron chi connectivity index (χ4n) is 1.71. The van der Waals surface area contributed by atoms with Gasteiger partial charge in [0, 0.05) is 16.5 Å². The number of furan rings is 1. The lowest BCUT2D eigenvalue weighted by Crippen LogP contribution is -2.23. The van der Waals surface area contributed by atoms with E-state index in [0.717, 1.165) is 22.3 Å². The monoisotopic (exact) mass is 229 g/mol. The highest BCUT2D eigenvalue weighted by Gasteiger charge is 2.10. The van der Waals surface area contributed by atoms with Gasteiger partial charge in [0.1, 0.15) is 11.3 Å². The van der Waals surface area contributed by atoms with Crippen LogP contribution in [-0.4, -0.2) is 5.91 Å². The highest BCUT2D eigenvalue weighted by atomic mass is 16.3. The Morgan fingerprint density at radius 1 is 1.41 bits per heavy atom. The molecule has 0 aliphatic carbocycles. The van der Waals surface area contributed by atoms with Gasteiger partial charge in [0.2, 0.25) is 5.91 Å². The molecule has 2 rings (SSSR count). The van der Waals surface area contributed by atoms with E-state index >= 15 is 0 Å². The average Bonchev–Trinajstić information content (AvgIpc) is 2.64. The lowest BCUT2D eigenvalue weighted by atomic mass is 10.1. The predicted octanol–water partition coefficient (Wildman–Crippen LogP) is 2.93. The summed E-state index contributed by atoms with van der Waals surface area (Å²) in [5.74, 6) is 0.644. The molecule has 0 aliphatic rings. The highest BCUT2D eigenvalue weighted by molar-refractivity contribution is 5.92. The first kappa shape index (κ1) is 11.5. The molecule has 0 fully saturated rings. The maximum Gasteiger partial charge on any atom is 0.246 e. The zero-order valence-corrected chi connectivity index (χ0v) is 10.0. The van der Waals surface area contributed by atoms with Gasteiger partial charge in [-0.2, -0.15) is 0 Å². The Bertz CT molecular complexity index is 581. The summed E-state index contributed by atoms with van der Waals surface area (Å²) in [6.07, 6.45) is 0. The van der Waals surface area contributed by atoms with Crippen LogP contribution in [-0.2, 0) is 11.3 Å². The van der Waals surface area contributed by atoms with Crippen molar-refractivity contribution in [2.24, 2.45) is 0 Å². The fourth-order valence-corrected chi connectivity index (χ4v) is 1.71. The number of fused-ring (bicyclic) bond motifs is 1. The van der Waals surface area contributed by atoms with Crippen molar-refractivity contribution >= 4 is 16.9 Å². The summed E-state index contributed by atoms with van der Waals surface area (Å²) in [5.41, 5.74) is 2.42. The minimum Gasteiger partial charge on any atom is -0.459 e. The van der Waals surface area contributed by atoms with Crippen molar-refractivity contribution < 1.29 is 9.21 Å². The lowest BCUT2D eigenvalue weighted by molar-refractivity contribution is -0.117. The Kier molecular flexibility index (Phi) is 3.00. The van der Waals surface area contributed by atoms with Crippen molar-refractivity contribution in [1.82, 2.24) is 5.32 Å². The summed E-state index contributed by atoms with van der Waals surface area (Å²) in [6, 6.07) is 7.84. The summed E-state index contributed by atoms with van der Waals surface area (Å²) in [5, 5.41) is 3.86. The van der Waals surface area contributed by atoms with Gasteiger partial charge in [0.25, 0.3) is 0 Å². The second kappa shape index (κ2) is 4.45. The third-order valence-corrected chi connectivity index (χ3v) is 2.74. The number of carbonyl (C=O) groups is 1. The van der Waals surface area contributed by atoms with Crippen LogP contribution in [0.3, 0.4) is 0 Å². The van der Waals surface area contributed by atoms with Crippen molar-refractivity contribution in [3.63, 3.8) is 0 Å². The van der Waals surface area contributed by atoms with Gasteiger partial charge in [-0.05, 0) is 19.9 Å². The first-order valence-electron chi connectivity index (χ1n) is 5.50. The smallest absolute Gasteiger partial charge is 0.246 e. The van der Waals surface area contributed by atoms with Gasteiger partial charge < -0.3 is 9.73 Å². The summed E-state index contributed by atoms with van der Waals surface area (Å²) in [7, 11) is 0. The molecule has 1 N–H and O–H groups in total. The second-order valence-electron chi connectivity index (χ2n) is 4.11. The molecule has 1 aromatic carbocycles. The number of aryl methyl sites for hydroxylation is 1. The standard InChI is InChI=1S/C14H15NO2/c1-9(2)14(16)15-8-13-10(3)11-6-4-5-7-12(11)17-13/h4-7H,1,8H2,2-3H3,(H,15,16). The molecule has 3 heteroatoms. The van der Waals surface area contributed by atoms with Crippen molar-refractivity contribution in [3.05, 3.63) is 47.7 Å². The van der Waals surface area contributed by atoms with E-state index in [0.29, 0.717) is 12.1 Å². The van der Waals surface area contributed by atoms with Crippen LogP contribution in [0.4, 0.5) is 0 Å². The summed E-state index contributed by atoms with van der Waals surface area (Å²) >= 11 is 0. The van der Waals surface area contributed by atoms with Gasteiger partial charge in [-0.25, -0.2) is 0 Å². The third-order valence-electron chi connectivity index (χ3n) is 2.74. The molecule has 0 saturated heterocycles. The van der Waals surface area contributed by atoms with E-state index < -0.39 is 0 Å². The van der Waals surface area contributed by atoms with Crippen LogP contribution < -0.4 is 5.32 Å². The van der Waals surface area contributed by atoms with Gasteiger partial charge in [-0.1, -0.05) is 24.8 Å². The zero-order chi connectivity index (χ0) is 12.4. The van der Waals surface area contributed by atoms with E-state index in [1.807, 2.05) is 31.2 Å². The SMILES string of the molecule is C=C(C)C(=O)NCc1oc2ccccc2c1C. The van der Waals surface area contributed by atoms with Crippen molar-refractivity contribution in [1.29, 1.82) is 0 Å². The fraction of sp³-hybridized carbons (Fsp3) is 0.214. The third kappa shape index (κ3) is 2.23. The van der Waals surface area contributed by atoms with Crippen molar-refractivity contribution in [3.8, 4) is 0 Å². The van der Waals surface area contributed by atoms with Gasteiger partial charge in [0.15, 0.2) is 0 Å². The Morgan fingerprint density at radius 2 is 2.12 bits per heavy atom. The normalized spacial score (nSPS) is 10.5. The van der Waals surface area contributed by atoms with Gasteiger partial charge in [-0.3, -0.25) is 4.79 Å². The lowest BCUT2D eigenvalue weighted by Gasteiger charge is -2.02. The van der Waals surface area contributed by atoms with Crippen LogP contribution >= 0.6 is 0 Å². The molecule has 0 aliphatic heterocycles. The molecule has 1 amide bonds. The summed E-state index contributed by atoms with van der Waals surface area (Å²) < 4.78 is 5.68. The molecule has 0 radical (unpaired) electrons. The minimum absolute atomic E-state index is 0.148. The average molecular weight is 229 g/mol. The largest absolute Gasteiger partial charge is 0.459 e. The van der Waals surface area contributed by atoms with Crippen LogP contribution in [0.25, 0.3) is 11.0 Å². The Labute approximate surface area is 100 Å². The maximum atomic E-state index is 11.4. The number of nitrogens with one attached hydrogen (secondary N) is 1. The van der Waals surface area contributed by atoms with E-state index in [-0.39, 0.29) is 5.91 Å². The number of hydrogen-bond donors (Lipinski definition) is 1. The molecule has 88 valence electrons. The molecule has 3 nitrogen and oxygen atoms in total. The molecule has 1 heterocycles. The van der Waals surface area contributed by atoms with Crippen molar-refractivity contribution in [2.75, 3.05) is 0 Å². The number of hydrogen-bond acceptors (Lipinski definition) is 2. The van der Waals surface area contributed by atoms with Crippen LogP contribution in [0.2, 0.25) is 0 Å². The zero-order valence-electron chi connectivity index (χ0n) is 10.0. The molecular formula is C14H15NO2. The first-order chi connectivity index (χ1) is 8.09. The van der Waals surface area contributed by atoms with Crippen LogP contribution in [0.5, 0.6) is 0 Å². The topological polar surface area (TPSA) is 42.2 Å². The summed E-state index contributed by atoms with van der Waals surface area (Å²) in [4.78, 5) is 11.4. The molecule has 0 unspecified atom stereocenters. The number of para-hydroxylation sites is 1.